The van der Waals surface area contributed by atoms with Crippen LogP contribution in [0, 0.1) is 0 Å². The van der Waals surface area contributed by atoms with E-state index >= 15 is 0 Å². The first-order chi connectivity index (χ1) is 5.88. The van der Waals surface area contributed by atoms with Gasteiger partial charge in [0.15, 0.2) is 0 Å². The van der Waals surface area contributed by atoms with E-state index in [1.807, 2.05) is 6.08 Å². The fourth-order valence-corrected chi connectivity index (χ4v) is 1.39. The van der Waals surface area contributed by atoms with Gasteiger partial charge in [-0.3, -0.25) is 0 Å². The maximum absolute atomic E-state index is 5.37. The molecule has 1 aliphatic heterocycles. The van der Waals surface area contributed by atoms with Gasteiger partial charge in [0.05, 0.1) is 13.2 Å². The summed E-state index contributed by atoms with van der Waals surface area (Å²) in [4.78, 5) is 0. The van der Waals surface area contributed by atoms with Gasteiger partial charge in [-0.05, 0) is 24.0 Å². The van der Waals surface area contributed by atoms with Crippen LogP contribution >= 0.6 is 0 Å². The minimum atomic E-state index is 0.771. The van der Waals surface area contributed by atoms with Crippen LogP contribution in [-0.2, 0) is 4.74 Å². The Balaban J connectivity index is 2.73. The molecule has 0 aromatic heterocycles. The van der Waals surface area contributed by atoms with Gasteiger partial charge in [0.2, 0.25) is 0 Å². The summed E-state index contributed by atoms with van der Waals surface area (Å²) in [6.07, 6.45) is 8.27. The van der Waals surface area contributed by atoms with E-state index in [1.165, 1.54) is 11.1 Å². The van der Waals surface area contributed by atoms with Gasteiger partial charge in [-0.1, -0.05) is 31.7 Å². The average molecular weight is 164 g/mol. The lowest BCUT2D eigenvalue weighted by Gasteiger charge is -2.18. The van der Waals surface area contributed by atoms with Crippen LogP contribution in [0.5, 0.6) is 0 Å². The van der Waals surface area contributed by atoms with Gasteiger partial charge in [0, 0.05) is 0 Å². The molecule has 12 heavy (non-hydrogen) atoms. The van der Waals surface area contributed by atoms with Gasteiger partial charge in [-0.2, -0.15) is 0 Å². The standard InChI is InChI=1S/C11H16O/c1-3-5-10-7-8-12-9-11(10)6-4-2/h3,5-6H,1,4,7-9H2,2H3/b10-5-,11-6-. The van der Waals surface area contributed by atoms with Crippen LogP contribution < -0.4 is 0 Å². The lowest BCUT2D eigenvalue weighted by molar-refractivity contribution is 0.145. The molecule has 0 aromatic rings. The molecule has 0 spiro atoms. The Kier molecular flexibility index (Phi) is 3.81. The van der Waals surface area contributed by atoms with Crippen LogP contribution in [0.1, 0.15) is 19.8 Å². The van der Waals surface area contributed by atoms with Crippen LogP contribution in [0.15, 0.2) is 36.0 Å². The summed E-state index contributed by atoms with van der Waals surface area (Å²) in [5.41, 5.74) is 2.72. The third-order valence-corrected chi connectivity index (χ3v) is 1.96. The van der Waals surface area contributed by atoms with E-state index in [9.17, 15) is 0 Å². The molecule has 0 amide bonds. The second-order valence-corrected chi connectivity index (χ2v) is 2.87. The van der Waals surface area contributed by atoms with Crippen LogP contribution in [0.2, 0.25) is 0 Å². The number of ether oxygens (including phenoxy) is 1. The number of allylic oxidation sites excluding steroid dienone is 3. The molecule has 1 heterocycles. The normalized spacial score (nSPS) is 24.8. The minimum Gasteiger partial charge on any atom is -0.376 e. The minimum absolute atomic E-state index is 0.771. The lowest BCUT2D eigenvalue weighted by Crippen LogP contribution is -2.10. The van der Waals surface area contributed by atoms with Gasteiger partial charge >= 0.3 is 0 Å². The Bertz CT molecular complexity index is 211. The predicted octanol–water partition coefficient (Wildman–Crippen LogP) is 2.86. The molecule has 66 valence electrons. The molecule has 1 rings (SSSR count). The molecule has 0 radical (unpaired) electrons. The maximum atomic E-state index is 5.37. The molecule has 0 N–H and O–H groups in total. The molecule has 1 nitrogen and oxygen atoms in total. The summed E-state index contributed by atoms with van der Waals surface area (Å²) in [6.45, 7) is 7.47. The molecular formula is C11H16O. The molecule has 0 unspecified atom stereocenters. The molecule has 0 atom stereocenters. The largest absolute Gasteiger partial charge is 0.376 e. The predicted molar refractivity (Wildman–Crippen MR) is 52.1 cm³/mol. The fourth-order valence-electron chi connectivity index (χ4n) is 1.39. The zero-order valence-electron chi connectivity index (χ0n) is 7.68. The Morgan fingerprint density at radius 1 is 1.50 bits per heavy atom. The van der Waals surface area contributed by atoms with Crippen molar-refractivity contribution in [1.82, 2.24) is 0 Å². The van der Waals surface area contributed by atoms with Crippen LogP contribution in [0.4, 0.5) is 0 Å². The van der Waals surface area contributed by atoms with Crippen molar-refractivity contribution < 1.29 is 4.74 Å². The van der Waals surface area contributed by atoms with E-state index in [0.717, 1.165) is 26.1 Å². The highest BCUT2D eigenvalue weighted by molar-refractivity contribution is 5.35. The van der Waals surface area contributed by atoms with Crippen molar-refractivity contribution in [2.75, 3.05) is 13.2 Å². The lowest BCUT2D eigenvalue weighted by atomic mass is 10.0. The van der Waals surface area contributed by atoms with E-state index in [-0.39, 0.29) is 0 Å². The van der Waals surface area contributed by atoms with Crippen molar-refractivity contribution in [1.29, 1.82) is 0 Å². The first-order valence-electron chi connectivity index (χ1n) is 4.47. The van der Waals surface area contributed by atoms with Gasteiger partial charge in [0.1, 0.15) is 0 Å². The van der Waals surface area contributed by atoms with Crippen molar-refractivity contribution >= 4 is 0 Å². The molecule has 0 saturated carbocycles. The quantitative estimate of drug-likeness (QED) is 0.609. The number of rotatable bonds is 2. The van der Waals surface area contributed by atoms with Gasteiger partial charge in [-0.25, -0.2) is 0 Å². The van der Waals surface area contributed by atoms with E-state index in [4.69, 9.17) is 4.74 Å². The van der Waals surface area contributed by atoms with Crippen molar-refractivity contribution in [3.05, 3.63) is 36.0 Å². The van der Waals surface area contributed by atoms with Crippen molar-refractivity contribution in [3.63, 3.8) is 0 Å². The maximum Gasteiger partial charge on any atom is 0.0716 e. The molecule has 1 fully saturated rings. The Labute approximate surface area is 74.4 Å². The number of hydrogen-bond acceptors (Lipinski definition) is 1. The van der Waals surface area contributed by atoms with Gasteiger partial charge in [-0.15, -0.1) is 0 Å². The first kappa shape index (κ1) is 9.27. The summed E-state index contributed by atoms with van der Waals surface area (Å²) in [5.74, 6) is 0. The summed E-state index contributed by atoms with van der Waals surface area (Å²) in [7, 11) is 0. The SMILES string of the molecule is C=C/C=C1/CCOC/C1=C/CC. The number of hydrogen-bond donors (Lipinski definition) is 0. The van der Waals surface area contributed by atoms with Crippen molar-refractivity contribution in [2.24, 2.45) is 0 Å². The molecule has 0 aromatic carbocycles. The van der Waals surface area contributed by atoms with E-state index in [1.54, 1.807) is 0 Å². The fraction of sp³-hybridized carbons (Fsp3) is 0.455. The summed E-state index contributed by atoms with van der Waals surface area (Å²) in [6, 6.07) is 0. The van der Waals surface area contributed by atoms with Crippen molar-refractivity contribution in [2.45, 2.75) is 19.8 Å². The van der Waals surface area contributed by atoms with Crippen molar-refractivity contribution in [3.8, 4) is 0 Å². The van der Waals surface area contributed by atoms with Gasteiger partial charge in [0.25, 0.3) is 0 Å². The second-order valence-electron chi connectivity index (χ2n) is 2.87. The molecule has 1 aliphatic rings. The topological polar surface area (TPSA) is 9.23 Å². The Morgan fingerprint density at radius 2 is 2.33 bits per heavy atom. The first-order valence-corrected chi connectivity index (χ1v) is 4.47. The molecule has 1 heteroatoms. The Hall–Kier alpha value is -0.820. The van der Waals surface area contributed by atoms with Gasteiger partial charge < -0.3 is 4.74 Å². The van der Waals surface area contributed by atoms with Crippen LogP contribution in [0.25, 0.3) is 0 Å². The summed E-state index contributed by atoms with van der Waals surface area (Å²) >= 11 is 0. The molecule has 0 bridgehead atoms. The molecule has 0 aliphatic carbocycles. The van der Waals surface area contributed by atoms with E-state index < -0.39 is 0 Å². The molecular weight excluding hydrogens is 148 g/mol. The highest BCUT2D eigenvalue weighted by Crippen LogP contribution is 2.20. The highest BCUT2D eigenvalue weighted by Gasteiger charge is 2.09. The summed E-state index contributed by atoms with van der Waals surface area (Å²) in [5, 5.41) is 0. The second kappa shape index (κ2) is 4.94. The zero-order chi connectivity index (χ0) is 8.81. The smallest absolute Gasteiger partial charge is 0.0716 e. The Morgan fingerprint density at radius 3 is 3.00 bits per heavy atom. The van der Waals surface area contributed by atoms with E-state index in [2.05, 4.69) is 25.7 Å². The highest BCUT2D eigenvalue weighted by atomic mass is 16.5. The van der Waals surface area contributed by atoms with Crippen LogP contribution in [0.3, 0.4) is 0 Å². The third-order valence-electron chi connectivity index (χ3n) is 1.96. The van der Waals surface area contributed by atoms with E-state index in [0.29, 0.717) is 0 Å². The monoisotopic (exact) mass is 164 g/mol. The van der Waals surface area contributed by atoms with Crippen LogP contribution in [-0.4, -0.2) is 13.2 Å². The average Bonchev–Trinajstić information content (AvgIpc) is 2.09. The molecule has 1 saturated heterocycles. The summed E-state index contributed by atoms with van der Waals surface area (Å²) < 4.78 is 5.37. The zero-order valence-corrected chi connectivity index (χ0v) is 7.68. The third kappa shape index (κ3) is 2.35.